The number of halogens is 1. The van der Waals surface area contributed by atoms with E-state index < -0.39 is 5.91 Å². The van der Waals surface area contributed by atoms with Crippen LogP contribution in [0.15, 0.2) is 67.0 Å². The van der Waals surface area contributed by atoms with Crippen molar-refractivity contribution in [3.8, 4) is 28.1 Å². The monoisotopic (exact) mass is 435 g/mol. The van der Waals surface area contributed by atoms with Crippen LogP contribution in [0.3, 0.4) is 0 Å². The Morgan fingerprint density at radius 2 is 1.65 bits per heavy atom. The minimum Gasteiger partial charge on any atom is -0.491 e. The van der Waals surface area contributed by atoms with Gasteiger partial charge in [-0.25, -0.2) is 10.5 Å². The third-order valence-corrected chi connectivity index (χ3v) is 5.13. The van der Waals surface area contributed by atoms with Crippen LogP contribution in [-0.2, 0) is 0 Å². The summed E-state index contributed by atoms with van der Waals surface area (Å²) in [5.74, 6) is -0.0440. The van der Waals surface area contributed by atoms with Crippen LogP contribution in [0.1, 0.15) is 10.4 Å². The topological polar surface area (TPSA) is 105 Å². The van der Waals surface area contributed by atoms with E-state index in [2.05, 4.69) is 9.97 Å². The summed E-state index contributed by atoms with van der Waals surface area (Å²) in [6.45, 7) is 0.215. The van der Waals surface area contributed by atoms with E-state index in [9.17, 15) is 4.79 Å². The summed E-state index contributed by atoms with van der Waals surface area (Å²) >= 11 is 6.52. The van der Waals surface area contributed by atoms with Gasteiger partial charge in [-0.1, -0.05) is 48.0 Å². The molecule has 0 saturated heterocycles. The second-order valence-corrected chi connectivity index (χ2v) is 7.03. The Bertz CT molecular complexity index is 1230. The Hall–Kier alpha value is -3.52. The third kappa shape index (κ3) is 4.20. The van der Waals surface area contributed by atoms with Crippen molar-refractivity contribution in [3.05, 3.63) is 77.6 Å². The quantitative estimate of drug-likeness (QED) is 0.311. The summed E-state index contributed by atoms with van der Waals surface area (Å²) in [6, 6.07) is 16.8. The van der Waals surface area contributed by atoms with E-state index in [1.165, 1.54) is 6.20 Å². The van der Waals surface area contributed by atoms with Crippen LogP contribution >= 0.6 is 11.6 Å². The van der Waals surface area contributed by atoms with Crippen molar-refractivity contribution in [2.75, 3.05) is 13.2 Å². The van der Waals surface area contributed by atoms with Gasteiger partial charge in [-0.05, 0) is 29.3 Å². The first-order valence-corrected chi connectivity index (χ1v) is 9.82. The Balaban J connectivity index is 1.71. The number of aliphatic hydroxyl groups is 1. The number of amides is 1. The molecule has 4 aromatic rings. The molecule has 156 valence electrons. The number of nitrogens with zero attached hydrogens (tertiary/aromatic N) is 2. The van der Waals surface area contributed by atoms with Gasteiger partial charge in [0.05, 0.1) is 28.4 Å². The van der Waals surface area contributed by atoms with E-state index in [-0.39, 0.29) is 23.8 Å². The molecular weight excluding hydrogens is 418 g/mol. The first kappa shape index (κ1) is 20.7. The van der Waals surface area contributed by atoms with Gasteiger partial charge in [0.2, 0.25) is 0 Å². The van der Waals surface area contributed by atoms with E-state index in [0.717, 1.165) is 16.7 Å². The van der Waals surface area contributed by atoms with Gasteiger partial charge in [-0.2, -0.15) is 0 Å². The second kappa shape index (κ2) is 9.09. The Morgan fingerprint density at radius 1 is 1.00 bits per heavy atom. The van der Waals surface area contributed by atoms with Crippen molar-refractivity contribution in [3.63, 3.8) is 0 Å². The lowest BCUT2D eigenvalue weighted by molar-refractivity contribution is 0.0708. The van der Waals surface area contributed by atoms with Gasteiger partial charge in [0.25, 0.3) is 5.91 Å². The van der Waals surface area contributed by atoms with Gasteiger partial charge < -0.3 is 9.84 Å². The second-order valence-electron chi connectivity index (χ2n) is 6.66. The first-order valence-electron chi connectivity index (χ1n) is 9.44. The van der Waals surface area contributed by atoms with Gasteiger partial charge >= 0.3 is 0 Å². The van der Waals surface area contributed by atoms with Crippen LogP contribution < -0.4 is 10.2 Å². The largest absolute Gasteiger partial charge is 0.491 e. The summed E-state index contributed by atoms with van der Waals surface area (Å²) in [7, 11) is 0. The summed E-state index contributed by atoms with van der Waals surface area (Å²) in [5.41, 5.74) is 5.41. The van der Waals surface area contributed by atoms with E-state index in [1.54, 1.807) is 17.7 Å². The number of rotatable bonds is 6. The maximum absolute atomic E-state index is 12.2. The fourth-order valence-electron chi connectivity index (χ4n) is 3.28. The molecule has 0 radical (unpaired) electrons. The zero-order valence-corrected chi connectivity index (χ0v) is 17.0. The molecule has 0 aliphatic rings. The maximum atomic E-state index is 12.2. The normalized spacial score (nSPS) is 10.8. The van der Waals surface area contributed by atoms with Crippen LogP contribution in [0.2, 0.25) is 5.02 Å². The lowest BCUT2D eigenvalue weighted by atomic mass is 10.0. The number of hydroxylamine groups is 1. The number of ether oxygens (including phenoxy) is 1. The van der Waals surface area contributed by atoms with E-state index in [1.807, 2.05) is 48.5 Å². The van der Waals surface area contributed by atoms with Gasteiger partial charge in [0, 0.05) is 23.3 Å². The number of carbonyl (C=O) groups excluding carboxylic acids is 1. The molecule has 2 aromatic carbocycles. The van der Waals surface area contributed by atoms with Crippen LogP contribution in [0, 0.1) is 0 Å². The molecule has 4 rings (SSSR count). The van der Waals surface area contributed by atoms with Crippen LogP contribution in [0.4, 0.5) is 0 Å². The van der Waals surface area contributed by atoms with Gasteiger partial charge in [-0.3, -0.25) is 15.0 Å². The van der Waals surface area contributed by atoms with E-state index >= 15 is 0 Å². The number of fused-ring (bicyclic) bond motifs is 1. The number of hydrogen-bond donors (Lipinski definition) is 3. The number of benzene rings is 2. The molecule has 1 amide bonds. The molecular formula is C23H18ClN3O4. The molecule has 0 aliphatic carbocycles. The molecule has 0 fully saturated rings. The summed E-state index contributed by atoms with van der Waals surface area (Å²) in [4.78, 5) is 20.9. The number of carbonyl (C=O) groups is 1. The highest BCUT2D eigenvalue weighted by atomic mass is 35.5. The fourth-order valence-corrected chi connectivity index (χ4v) is 3.62. The van der Waals surface area contributed by atoms with Crippen molar-refractivity contribution in [2.24, 2.45) is 0 Å². The number of nitrogens with one attached hydrogen (secondary N) is 1. The molecule has 8 heteroatoms. The number of hydrogen-bond acceptors (Lipinski definition) is 6. The Morgan fingerprint density at radius 3 is 2.29 bits per heavy atom. The Labute approximate surface area is 182 Å². The standard InChI is InChI=1S/C23H18ClN3O4/c24-21-20(23(29)27-30)18-13-25-10-9-19(18)26-22(21)16-3-1-14(2-4-16)15-5-7-17(8-6-15)31-12-11-28/h1-10,13,28,30H,11-12H2,(H,27,29). The lowest BCUT2D eigenvalue weighted by Crippen LogP contribution is -2.20. The summed E-state index contributed by atoms with van der Waals surface area (Å²) in [6.07, 6.45) is 3.06. The predicted octanol–water partition coefficient (Wildman–Crippen LogP) is 4.11. The molecule has 0 atom stereocenters. The molecule has 0 unspecified atom stereocenters. The molecule has 2 aromatic heterocycles. The number of aliphatic hydroxyl groups excluding tert-OH is 1. The van der Waals surface area contributed by atoms with Crippen LogP contribution in [0.25, 0.3) is 33.3 Å². The fraction of sp³-hybridized carbons (Fsp3) is 0.0870. The third-order valence-electron chi connectivity index (χ3n) is 4.76. The zero-order valence-electron chi connectivity index (χ0n) is 16.2. The average molecular weight is 436 g/mol. The van der Waals surface area contributed by atoms with Crippen molar-refractivity contribution >= 4 is 28.4 Å². The zero-order chi connectivity index (χ0) is 21.8. The molecule has 2 heterocycles. The maximum Gasteiger partial charge on any atom is 0.276 e. The van der Waals surface area contributed by atoms with Crippen molar-refractivity contribution in [1.82, 2.24) is 15.4 Å². The number of pyridine rings is 2. The molecule has 31 heavy (non-hydrogen) atoms. The minimum atomic E-state index is -0.730. The van der Waals surface area contributed by atoms with Gasteiger partial charge in [0.15, 0.2) is 0 Å². The Kier molecular flexibility index (Phi) is 6.08. The van der Waals surface area contributed by atoms with E-state index in [4.69, 9.17) is 26.7 Å². The molecule has 7 nitrogen and oxygen atoms in total. The van der Waals surface area contributed by atoms with Crippen molar-refractivity contribution in [1.29, 1.82) is 0 Å². The van der Waals surface area contributed by atoms with Crippen LogP contribution in [-0.4, -0.2) is 39.4 Å². The minimum absolute atomic E-state index is 0.0349. The van der Waals surface area contributed by atoms with Gasteiger partial charge in [-0.15, -0.1) is 0 Å². The number of aromatic nitrogens is 2. The lowest BCUT2D eigenvalue weighted by Gasteiger charge is -2.12. The highest BCUT2D eigenvalue weighted by Crippen LogP contribution is 2.34. The molecule has 0 aliphatic heterocycles. The highest BCUT2D eigenvalue weighted by Gasteiger charge is 2.20. The van der Waals surface area contributed by atoms with Crippen LogP contribution in [0.5, 0.6) is 5.75 Å². The SMILES string of the molecule is O=C(NO)c1c(Cl)c(-c2ccc(-c3ccc(OCCO)cc3)cc2)nc2ccncc12. The predicted molar refractivity (Wildman–Crippen MR) is 117 cm³/mol. The van der Waals surface area contributed by atoms with Crippen molar-refractivity contribution in [2.45, 2.75) is 0 Å². The highest BCUT2D eigenvalue weighted by molar-refractivity contribution is 6.37. The summed E-state index contributed by atoms with van der Waals surface area (Å²) < 4.78 is 5.38. The van der Waals surface area contributed by atoms with Gasteiger partial charge in [0.1, 0.15) is 12.4 Å². The smallest absolute Gasteiger partial charge is 0.276 e. The van der Waals surface area contributed by atoms with E-state index in [0.29, 0.717) is 22.3 Å². The molecule has 0 saturated carbocycles. The molecule has 0 spiro atoms. The summed E-state index contributed by atoms with van der Waals surface area (Å²) in [5, 5.41) is 18.6. The average Bonchev–Trinajstić information content (AvgIpc) is 2.82. The van der Waals surface area contributed by atoms with Crippen molar-refractivity contribution < 1.29 is 19.8 Å². The molecule has 0 bridgehead atoms. The molecule has 3 N–H and O–H groups in total. The first-order chi connectivity index (χ1) is 15.1.